The molecule has 6 nitrogen and oxygen atoms in total. The van der Waals surface area contributed by atoms with Crippen LogP contribution in [0.3, 0.4) is 0 Å². The van der Waals surface area contributed by atoms with E-state index in [0.29, 0.717) is 30.8 Å². The number of benzene rings is 1. The quantitative estimate of drug-likeness (QED) is 0.675. The van der Waals surface area contributed by atoms with Crippen LogP contribution in [0.15, 0.2) is 30.3 Å². The summed E-state index contributed by atoms with van der Waals surface area (Å²) >= 11 is 0. The highest BCUT2D eigenvalue weighted by Crippen LogP contribution is 2.43. The Bertz CT molecular complexity index is 766. The Labute approximate surface area is 193 Å². The van der Waals surface area contributed by atoms with Gasteiger partial charge in [0.2, 0.25) is 5.91 Å². The van der Waals surface area contributed by atoms with Crippen LogP contribution in [0.4, 0.5) is 0 Å². The van der Waals surface area contributed by atoms with E-state index < -0.39 is 0 Å². The molecule has 1 aromatic carbocycles. The van der Waals surface area contributed by atoms with E-state index in [-0.39, 0.29) is 17.9 Å². The molecule has 0 saturated carbocycles. The molecule has 6 heteroatoms. The van der Waals surface area contributed by atoms with Gasteiger partial charge in [-0.2, -0.15) is 0 Å². The zero-order valence-corrected chi connectivity index (χ0v) is 19.8. The van der Waals surface area contributed by atoms with Gasteiger partial charge in [-0.25, -0.2) is 0 Å². The highest BCUT2D eigenvalue weighted by Gasteiger charge is 2.49. The number of likely N-dealkylation sites (tertiary alicyclic amines) is 1. The molecule has 0 aliphatic carbocycles. The van der Waals surface area contributed by atoms with Crippen molar-refractivity contribution in [2.75, 3.05) is 46.8 Å². The molecule has 0 radical (unpaired) electrons. The number of rotatable bonds is 8. The van der Waals surface area contributed by atoms with Crippen molar-refractivity contribution >= 4 is 11.8 Å². The van der Waals surface area contributed by atoms with Gasteiger partial charge in [-0.3, -0.25) is 14.5 Å². The van der Waals surface area contributed by atoms with E-state index in [4.69, 9.17) is 0 Å². The van der Waals surface area contributed by atoms with Crippen molar-refractivity contribution in [2.24, 2.45) is 11.8 Å². The second-order valence-corrected chi connectivity index (χ2v) is 10.2. The molecule has 176 valence electrons. The Morgan fingerprint density at radius 2 is 1.84 bits per heavy atom. The van der Waals surface area contributed by atoms with Crippen LogP contribution >= 0.6 is 0 Å². The molecule has 0 unspecified atom stereocenters. The second kappa shape index (κ2) is 10.8. The molecular weight excluding hydrogens is 400 g/mol. The minimum absolute atomic E-state index is 0.129. The number of nitrogens with zero attached hydrogens (tertiary/aromatic N) is 3. The largest absolute Gasteiger partial charge is 0.355 e. The van der Waals surface area contributed by atoms with Crippen LogP contribution in [-0.2, 0) is 4.79 Å². The molecule has 1 N–H and O–H groups in total. The van der Waals surface area contributed by atoms with Crippen LogP contribution in [0.5, 0.6) is 0 Å². The lowest BCUT2D eigenvalue weighted by atomic mass is 9.69. The van der Waals surface area contributed by atoms with Crippen molar-refractivity contribution in [3.63, 3.8) is 0 Å². The summed E-state index contributed by atoms with van der Waals surface area (Å²) < 4.78 is 0. The number of amides is 2. The Morgan fingerprint density at radius 3 is 2.59 bits per heavy atom. The number of piperidine rings is 3. The third-order valence-corrected chi connectivity index (χ3v) is 7.74. The van der Waals surface area contributed by atoms with Gasteiger partial charge in [-0.1, -0.05) is 18.2 Å². The van der Waals surface area contributed by atoms with Crippen LogP contribution in [0.25, 0.3) is 0 Å². The van der Waals surface area contributed by atoms with E-state index >= 15 is 0 Å². The predicted molar refractivity (Wildman–Crippen MR) is 127 cm³/mol. The van der Waals surface area contributed by atoms with Gasteiger partial charge in [0.25, 0.3) is 5.91 Å². The highest BCUT2D eigenvalue weighted by atomic mass is 16.2. The van der Waals surface area contributed by atoms with E-state index in [1.165, 1.54) is 38.8 Å². The second-order valence-electron chi connectivity index (χ2n) is 10.2. The Balaban J connectivity index is 1.45. The summed E-state index contributed by atoms with van der Waals surface area (Å²) in [6.45, 7) is 4.84. The van der Waals surface area contributed by atoms with Crippen molar-refractivity contribution in [3.05, 3.63) is 35.9 Å². The van der Waals surface area contributed by atoms with E-state index in [1.807, 2.05) is 44.4 Å². The maximum Gasteiger partial charge on any atom is 0.254 e. The summed E-state index contributed by atoms with van der Waals surface area (Å²) in [7, 11) is 4.03. The van der Waals surface area contributed by atoms with E-state index in [1.54, 1.807) is 0 Å². The number of hydrogen-bond acceptors (Lipinski definition) is 4. The average Bonchev–Trinajstić information content (AvgIpc) is 2.80. The first kappa shape index (κ1) is 23.2. The van der Waals surface area contributed by atoms with Crippen molar-refractivity contribution < 1.29 is 9.59 Å². The van der Waals surface area contributed by atoms with Gasteiger partial charge < -0.3 is 15.1 Å². The zero-order chi connectivity index (χ0) is 22.5. The van der Waals surface area contributed by atoms with Crippen LogP contribution < -0.4 is 5.32 Å². The number of hydrogen-bond donors (Lipinski definition) is 1. The highest BCUT2D eigenvalue weighted by molar-refractivity contribution is 5.94. The smallest absolute Gasteiger partial charge is 0.254 e. The van der Waals surface area contributed by atoms with Crippen LogP contribution in [-0.4, -0.2) is 85.4 Å². The Hall–Kier alpha value is -1.92. The molecule has 3 saturated heterocycles. The molecule has 0 spiro atoms. The zero-order valence-electron chi connectivity index (χ0n) is 19.8. The molecule has 4 atom stereocenters. The summed E-state index contributed by atoms with van der Waals surface area (Å²) in [5, 5.41) is 3.03. The van der Waals surface area contributed by atoms with Gasteiger partial charge in [0.05, 0.1) is 0 Å². The number of carbonyl (C=O) groups is 2. The van der Waals surface area contributed by atoms with Crippen molar-refractivity contribution in [1.82, 2.24) is 20.0 Å². The number of likely N-dealkylation sites (N-methyl/N-ethyl adjacent to an activating group) is 1. The van der Waals surface area contributed by atoms with Crippen molar-refractivity contribution in [1.29, 1.82) is 0 Å². The molecule has 3 aliphatic rings. The Morgan fingerprint density at radius 1 is 1.09 bits per heavy atom. The summed E-state index contributed by atoms with van der Waals surface area (Å²) in [4.78, 5) is 32.9. The fourth-order valence-corrected chi connectivity index (χ4v) is 6.32. The van der Waals surface area contributed by atoms with Gasteiger partial charge in [-0.15, -0.1) is 0 Å². The molecule has 1 aromatic rings. The lowest BCUT2D eigenvalue weighted by Crippen LogP contribution is -2.65. The minimum Gasteiger partial charge on any atom is -0.355 e. The molecule has 4 rings (SSSR count). The van der Waals surface area contributed by atoms with E-state index in [0.717, 1.165) is 31.5 Å². The standard InChI is InChI=1S/C26H40N4O2/c1-28(2)18-15-27-24(31)14-6-13-23-22-12-8-17-29-16-7-11-21(25(22)29)19-30(23)26(32)20-9-4-3-5-10-20/h3-5,9-10,21-23,25H,6-8,11-19H2,1-2H3,(H,27,31)/t21-,22+,23+,25-/m0/s1. The normalized spacial score (nSPS) is 27.8. The third-order valence-electron chi connectivity index (χ3n) is 7.74. The molecule has 0 bridgehead atoms. The molecule has 3 aliphatic heterocycles. The van der Waals surface area contributed by atoms with Gasteiger partial charge in [0.15, 0.2) is 0 Å². The molecule has 3 heterocycles. The SMILES string of the molecule is CN(C)CCNC(=O)CCC[C@@H]1[C@H]2CCCN3CCC[C@@H](CN1C(=O)c1ccccc1)[C@@H]23. The van der Waals surface area contributed by atoms with Crippen LogP contribution in [0.1, 0.15) is 55.3 Å². The fraction of sp³-hybridized carbons (Fsp3) is 0.692. The van der Waals surface area contributed by atoms with E-state index in [2.05, 4.69) is 20.0 Å². The summed E-state index contributed by atoms with van der Waals surface area (Å²) in [6, 6.07) is 10.6. The average molecular weight is 441 g/mol. The topological polar surface area (TPSA) is 55.9 Å². The molecule has 32 heavy (non-hydrogen) atoms. The lowest BCUT2D eigenvalue weighted by molar-refractivity contribution is -0.121. The monoisotopic (exact) mass is 440 g/mol. The fourth-order valence-electron chi connectivity index (χ4n) is 6.32. The van der Waals surface area contributed by atoms with Crippen LogP contribution in [0.2, 0.25) is 0 Å². The first-order chi connectivity index (χ1) is 15.5. The van der Waals surface area contributed by atoms with Gasteiger partial charge in [0, 0.05) is 43.7 Å². The first-order valence-electron chi connectivity index (χ1n) is 12.6. The van der Waals surface area contributed by atoms with Gasteiger partial charge in [-0.05, 0) is 89.7 Å². The molecule has 0 aromatic heterocycles. The van der Waals surface area contributed by atoms with Gasteiger partial charge >= 0.3 is 0 Å². The summed E-state index contributed by atoms with van der Waals surface area (Å²) in [6.07, 6.45) is 7.21. The van der Waals surface area contributed by atoms with E-state index in [9.17, 15) is 9.59 Å². The third kappa shape index (κ3) is 5.34. The van der Waals surface area contributed by atoms with Crippen LogP contribution in [0, 0.1) is 11.8 Å². The maximum atomic E-state index is 13.6. The first-order valence-corrected chi connectivity index (χ1v) is 12.6. The lowest BCUT2D eigenvalue weighted by Gasteiger charge is -2.57. The molecule has 2 amide bonds. The number of carbonyl (C=O) groups excluding carboxylic acids is 2. The van der Waals surface area contributed by atoms with Crippen molar-refractivity contribution in [2.45, 2.75) is 57.0 Å². The Kier molecular flexibility index (Phi) is 7.84. The van der Waals surface area contributed by atoms with Gasteiger partial charge in [0.1, 0.15) is 0 Å². The summed E-state index contributed by atoms with van der Waals surface area (Å²) in [5.41, 5.74) is 0.792. The molecule has 3 fully saturated rings. The number of nitrogens with one attached hydrogen (secondary N) is 1. The van der Waals surface area contributed by atoms with Crippen molar-refractivity contribution in [3.8, 4) is 0 Å². The minimum atomic E-state index is 0.129. The summed E-state index contributed by atoms with van der Waals surface area (Å²) in [5.74, 6) is 1.43. The maximum absolute atomic E-state index is 13.6. The molecular formula is C26H40N4O2. The predicted octanol–water partition coefficient (Wildman–Crippen LogP) is 2.85.